The molecular weight excluding hydrogens is 168 g/mol. The minimum Gasteiger partial charge on any atom is -0.481 e. The summed E-state index contributed by atoms with van der Waals surface area (Å²) in [7, 11) is 0. The third kappa shape index (κ3) is 1.90. The van der Waals surface area contributed by atoms with E-state index in [0.29, 0.717) is 16.9 Å². The Kier molecular flexibility index (Phi) is 2.41. The highest BCUT2D eigenvalue weighted by Gasteiger charge is 2.07. The molecule has 0 bridgehead atoms. The summed E-state index contributed by atoms with van der Waals surface area (Å²) in [6, 6.07) is 3.32. The monoisotopic (exact) mass is 180 g/mol. The van der Waals surface area contributed by atoms with Crippen molar-refractivity contribution < 1.29 is 9.90 Å². The molecule has 0 heterocycles. The zero-order chi connectivity index (χ0) is 10.0. The van der Waals surface area contributed by atoms with Crippen LogP contribution >= 0.6 is 0 Å². The van der Waals surface area contributed by atoms with Crippen LogP contribution in [0, 0.1) is 6.92 Å². The highest BCUT2D eigenvalue weighted by atomic mass is 16.4. The fourth-order valence-electron chi connectivity index (χ4n) is 1.15. The molecule has 0 spiro atoms. The quantitative estimate of drug-likeness (QED) is 0.587. The predicted molar refractivity (Wildman–Crippen MR) is 51.3 cm³/mol. The van der Waals surface area contributed by atoms with Gasteiger partial charge in [-0.25, -0.2) is 0 Å². The van der Waals surface area contributed by atoms with Gasteiger partial charge in [0.25, 0.3) is 0 Å². The summed E-state index contributed by atoms with van der Waals surface area (Å²) in [4.78, 5) is 10.4. The zero-order valence-electron chi connectivity index (χ0n) is 7.37. The van der Waals surface area contributed by atoms with E-state index in [0.717, 1.165) is 5.56 Å². The van der Waals surface area contributed by atoms with E-state index >= 15 is 0 Å². The van der Waals surface area contributed by atoms with Gasteiger partial charge in [-0.2, -0.15) is 0 Å². The van der Waals surface area contributed by atoms with Gasteiger partial charge in [0.15, 0.2) is 0 Å². The first-order valence-corrected chi connectivity index (χ1v) is 3.87. The topological polar surface area (TPSA) is 89.3 Å². The molecule has 4 nitrogen and oxygen atoms in total. The average Bonchev–Trinajstić information content (AvgIpc) is 2.06. The summed E-state index contributed by atoms with van der Waals surface area (Å²) in [6.45, 7) is 1.77. The summed E-state index contributed by atoms with van der Waals surface area (Å²) >= 11 is 0. The first-order valence-electron chi connectivity index (χ1n) is 3.87. The van der Waals surface area contributed by atoms with E-state index in [1.807, 2.05) is 0 Å². The zero-order valence-corrected chi connectivity index (χ0v) is 7.37. The Morgan fingerprint density at radius 1 is 1.46 bits per heavy atom. The van der Waals surface area contributed by atoms with Gasteiger partial charge in [-0.15, -0.1) is 0 Å². The molecule has 5 N–H and O–H groups in total. The standard InChI is InChI=1S/C9H12N2O2/c1-5-6(4-8(12)13)2-3-7(10)9(5)11/h2-3H,4,10-11H2,1H3,(H,12,13). The van der Waals surface area contributed by atoms with Crippen LogP contribution in [0.3, 0.4) is 0 Å². The van der Waals surface area contributed by atoms with Gasteiger partial charge in [-0.1, -0.05) is 6.07 Å². The Labute approximate surface area is 76.2 Å². The lowest BCUT2D eigenvalue weighted by Crippen LogP contribution is -2.05. The van der Waals surface area contributed by atoms with Crippen molar-refractivity contribution in [2.45, 2.75) is 13.3 Å². The second kappa shape index (κ2) is 3.35. The molecule has 4 heteroatoms. The molecule has 0 saturated carbocycles. The van der Waals surface area contributed by atoms with Crippen molar-refractivity contribution in [2.75, 3.05) is 11.5 Å². The Bertz CT molecular complexity index is 348. The first-order chi connectivity index (χ1) is 6.02. The van der Waals surface area contributed by atoms with Crippen LogP contribution in [0.5, 0.6) is 0 Å². The molecule has 0 unspecified atom stereocenters. The number of rotatable bonds is 2. The summed E-state index contributed by atoms with van der Waals surface area (Å²) in [5, 5.41) is 8.58. The number of carboxylic acid groups (broad SMARTS) is 1. The third-order valence-corrected chi connectivity index (χ3v) is 2.00. The summed E-state index contributed by atoms with van der Waals surface area (Å²) in [5.74, 6) is -0.868. The first kappa shape index (κ1) is 9.38. The number of nitrogen functional groups attached to an aromatic ring is 2. The van der Waals surface area contributed by atoms with Gasteiger partial charge in [0, 0.05) is 0 Å². The van der Waals surface area contributed by atoms with Crippen LogP contribution in [-0.4, -0.2) is 11.1 Å². The van der Waals surface area contributed by atoms with Crippen molar-refractivity contribution in [1.82, 2.24) is 0 Å². The van der Waals surface area contributed by atoms with Crippen molar-refractivity contribution in [1.29, 1.82) is 0 Å². The van der Waals surface area contributed by atoms with Crippen LogP contribution in [-0.2, 0) is 11.2 Å². The second-order valence-corrected chi connectivity index (χ2v) is 2.92. The number of nitrogens with two attached hydrogens (primary N) is 2. The molecule has 0 fully saturated rings. The van der Waals surface area contributed by atoms with Gasteiger partial charge in [-0.05, 0) is 24.1 Å². The van der Waals surface area contributed by atoms with Crippen LogP contribution in [0.1, 0.15) is 11.1 Å². The van der Waals surface area contributed by atoms with Crippen LogP contribution in [0.25, 0.3) is 0 Å². The van der Waals surface area contributed by atoms with Crippen LogP contribution < -0.4 is 11.5 Å². The van der Waals surface area contributed by atoms with Gasteiger partial charge in [0.05, 0.1) is 17.8 Å². The Balaban J connectivity index is 3.10. The van der Waals surface area contributed by atoms with Crippen molar-refractivity contribution in [3.8, 4) is 0 Å². The van der Waals surface area contributed by atoms with Gasteiger partial charge < -0.3 is 16.6 Å². The largest absolute Gasteiger partial charge is 0.481 e. The Morgan fingerprint density at radius 3 is 2.62 bits per heavy atom. The molecule has 1 rings (SSSR count). The molecule has 0 radical (unpaired) electrons. The number of carboxylic acids is 1. The maximum Gasteiger partial charge on any atom is 0.307 e. The fourth-order valence-corrected chi connectivity index (χ4v) is 1.15. The number of benzene rings is 1. The summed E-state index contributed by atoms with van der Waals surface area (Å²) in [6.07, 6.45) is -0.0175. The van der Waals surface area contributed by atoms with Gasteiger partial charge >= 0.3 is 5.97 Å². The van der Waals surface area contributed by atoms with Crippen LogP contribution in [0.4, 0.5) is 11.4 Å². The highest BCUT2D eigenvalue weighted by Crippen LogP contribution is 2.22. The van der Waals surface area contributed by atoms with E-state index < -0.39 is 5.97 Å². The number of hydrogen-bond acceptors (Lipinski definition) is 3. The predicted octanol–water partition coefficient (Wildman–Crippen LogP) is 0.787. The molecule has 0 aliphatic heterocycles. The van der Waals surface area contributed by atoms with Gasteiger partial charge in [-0.3, -0.25) is 4.79 Å². The van der Waals surface area contributed by atoms with Gasteiger partial charge in [0.2, 0.25) is 0 Å². The lowest BCUT2D eigenvalue weighted by atomic mass is 10.0. The SMILES string of the molecule is Cc1c(CC(=O)O)ccc(N)c1N. The molecule has 13 heavy (non-hydrogen) atoms. The molecule has 1 aromatic rings. The summed E-state index contributed by atoms with van der Waals surface area (Å²) < 4.78 is 0. The minimum absolute atomic E-state index is 0.0175. The molecule has 1 aromatic carbocycles. The molecule has 0 aliphatic rings. The molecule has 70 valence electrons. The van der Waals surface area contributed by atoms with Crippen LogP contribution in [0.2, 0.25) is 0 Å². The highest BCUT2D eigenvalue weighted by molar-refractivity contribution is 5.75. The second-order valence-electron chi connectivity index (χ2n) is 2.92. The maximum atomic E-state index is 10.4. The van der Waals surface area contributed by atoms with Crippen molar-refractivity contribution in [2.24, 2.45) is 0 Å². The van der Waals surface area contributed by atoms with E-state index in [9.17, 15) is 4.79 Å². The van der Waals surface area contributed by atoms with Crippen molar-refractivity contribution in [3.63, 3.8) is 0 Å². The number of carbonyl (C=O) groups is 1. The van der Waals surface area contributed by atoms with E-state index in [4.69, 9.17) is 16.6 Å². The van der Waals surface area contributed by atoms with Gasteiger partial charge in [0.1, 0.15) is 0 Å². The lowest BCUT2D eigenvalue weighted by Gasteiger charge is -2.08. The fraction of sp³-hybridized carbons (Fsp3) is 0.222. The average molecular weight is 180 g/mol. The minimum atomic E-state index is -0.868. The van der Waals surface area contributed by atoms with Crippen molar-refractivity contribution >= 4 is 17.3 Å². The summed E-state index contributed by atoms with van der Waals surface area (Å²) in [5.41, 5.74) is 13.6. The van der Waals surface area contributed by atoms with E-state index in [1.165, 1.54) is 0 Å². The lowest BCUT2D eigenvalue weighted by molar-refractivity contribution is -0.136. The third-order valence-electron chi connectivity index (χ3n) is 2.00. The molecular formula is C9H12N2O2. The Morgan fingerprint density at radius 2 is 2.08 bits per heavy atom. The molecule has 0 amide bonds. The van der Waals surface area contributed by atoms with E-state index in [1.54, 1.807) is 19.1 Å². The van der Waals surface area contributed by atoms with Crippen LogP contribution in [0.15, 0.2) is 12.1 Å². The normalized spacial score (nSPS) is 9.92. The van der Waals surface area contributed by atoms with Crippen molar-refractivity contribution in [3.05, 3.63) is 23.3 Å². The molecule has 0 aliphatic carbocycles. The molecule has 0 aromatic heterocycles. The maximum absolute atomic E-state index is 10.4. The van der Waals surface area contributed by atoms with E-state index in [2.05, 4.69) is 0 Å². The molecule has 0 atom stereocenters. The molecule has 0 saturated heterocycles. The number of hydrogen-bond donors (Lipinski definition) is 3. The smallest absolute Gasteiger partial charge is 0.307 e. The van der Waals surface area contributed by atoms with E-state index in [-0.39, 0.29) is 6.42 Å². The number of aliphatic carboxylic acids is 1. The Hall–Kier alpha value is -1.71. The number of anilines is 2.